The molecule has 3 rings (SSSR count). The van der Waals surface area contributed by atoms with Crippen LogP contribution in [0.4, 0.5) is 5.13 Å². The van der Waals surface area contributed by atoms with Crippen LogP contribution in [0.25, 0.3) is 22.3 Å². The van der Waals surface area contributed by atoms with Crippen LogP contribution in [0.2, 0.25) is 0 Å². The van der Waals surface area contributed by atoms with E-state index in [1.165, 1.54) is 11.3 Å². The van der Waals surface area contributed by atoms with Crippen molar-refractivity contribution in [3.63, 3.8) is 0 Å². The average Bonchev–Trinajstić information content (AvgIpc) is 3.00. The number of nitriles is 1. The van der Waals surface area contributed by atoms with Gasteiger partial charge in [0.2, 0.25) is 0 Å². The van der Waals surface area contributed by atoms with Crippen LogP contribution in [0.1, 0.15) is 13.8 Å². The highest BCUT2D eigenvalue weighted by Gasteiger charge is 2.11. The molecule has 0 saturated carbocycles. The lowest BCUT2D eigenvalue weighted by molar-refractivity contribution is 0.368. The van der Waals surface area contributed by atoms with Gasteiger partial charge in [-0.2, -0.15) is 5.26 Å². The fourth-order valence-corrected chi connectivity index (χ4v) is 3.08. The second-order valence-electron chi connectivity index (χ2n) is 5.49. The lowest BCUT2D eigenvalue weighted by Gasteiger charge is -2.07. The van der Waals surface area contributed by atoms with Gasteiger partial charge in [-0.3, -0.25) is 0 Å². The van der Waals surface area contributed by atoms with Gasteiger partial charge in [-0.25, -0.2) is 9.97 Å². The molecule has 2 heterocycles. The molecule has 0 radical (unpaired) electrons. The van der Waals surface area contributed by atoms with Crippen molar-refractivity contribution < 1.29 is 9.84 Å². The van der Waals surface area contributed by atoms with Crippen molar-refractivity contribution in [3.05, 3.63) is 29.6 Å². The van der Waals surface area contributed by atoms with Gasteiger partial charge in [0.25, 0.3) is 0 Å². The number of aromatic nitrogens is 2. The molecular formula is C17H16N4O2S. The van der Waals surface area contributed by atoms with Gasteiger partial charge >= 0.3 is 0 Å². The van der Waals surface area contributed by atoms with E-state index in [4.69, 9.17) is 10.00 Å². The molecule has 0 unspecified atom stereocenters. The summed E-state index contributed by atoms with van der Waals surface area (Å²) in [6.07, 6.45) is 0. The monoisotopic (exact) mass is 340 g/mol. The molecule has 2 aromatic heterocycles. The summed E-state index contributed by atoms with van der Waals surface area (Å²) < 4.78 is 5.29. The molecule has 122 valence electrons. The second-order valence-corrected chi connectivity index (χ2v) is 6.35. The molecule has 1 aromatic carbocycles. The molecule has 0 spiro atoms. The zero-order valence-electron chi connectivity index (χ0n) is 13.3. The number of fused-ring (bicyclic) bond motifs is 1. The number of nitrogens with one attached hydrogen (secondary N) is 1. The van der Waals surface area contributed by atoms with Crippen LogP contribution >= 0.6 is 11.3 Å². The lowest BCUT2D eigenvalue weighted by Crippen LogP contribution is -2.09. The maximum atomic E-state index is 10.3. The van der Waals surface area contributed by atoms with Crippen LogP contribution in [0.3, 0.4) is 0 Å². The quantitative estimate of drug-likeness (QED) is 0.734. The fraction of sp³-hybridized carbons (Fsp3) is 0.235. The topological polar surface area (TPSA) is 91.1 Å². The molecule has 0 atom stereocenters. The number of hydrogen-bond donors (Lipinski definition) is 2. The number of anilines is 1. The van der Waals surface area contributed by atoms with E-state index in [2.05, 4.69) is 15.3 Å². The molecule has 24 heavy (non-hydrogen) atoms. The predicted octanol–water partition coefficient (Wildman–Crippen LogP) is 3.79. The van der Waals surface area contributed by atoms with Crippen LogP contribution in [0.15, 0.2) is 29.6 Å². The lowest BCUT2D eigenvalue weighted by atomic mass is 10.1. The molecule has 0 aliphatic heterocycles. The highest BCUT2D eigenvalue weighted by atomic mass is 32.1. The number of ether oxygens (including phenoxy) is 1. The van der Waals surface area contributed by atoms with Gasteiger partial charge in [-0.1, -0.05) is 0 Å². The number of benzene rings is 1. The molecular weight excluding hydrogens is 324 g/mol. The van der Waals surface area contributed by atoms with Crippen LogP contribution < -0.4 is 10.1 Å². The van der Waals surface area contributed by atoms with E-state index in [1.54, 1.807) is 24.3 Å². The molecule has 2 N–H and O–H groups in total. The summed E-state index contributed by atoms with van der Waals surface area (Å²) in [5, 5.41) is 25.4. The number of rotatable bonds is 5. The van der Waals surface area contributed by atoms with E-state index in [0.29, 0.717) is 34.1 Å². The summed E-state index contributed by atoms with van der Waals surface area (Å²) in [6.45, 7) is 4.06. The van der Waals surface area contributed by atoms with Crippen molar-refractivity contribution in [1.29, 1.82) is 5.26 Å². The Morgan fingerprint density at radius 1 is 1.29 bits per heavy atom. The summed E-state index contributed by atoms with van der Waals surface area (Å²) in [6, 6.07) is 8.95. The number of thiazole rings is 1. The Morgan fingerprint density at radius 3 is 2.88 bits per heavy atom. The van der Waals surface area contributed by atoms with Gasteiger partial charge in [-0.05, 0) is 26.0 Å². The summed E-state index contributed by atoms with van der Waals surface area (Å²) in [5.74, 6) is 0.668. The standard InChI is InChI=1S/C17H16N4O2S/c1-10(2)19-17-21-15(9-24-17)14-8-16(22)12-4-3-11(23-6-5-18)7-13(12)20-14/h3-4,7-10H,6H2,1-2H3,(H,19,21)(H,20,22). The van der Waals surface area contributed by atoms with Crippen molar-refractivity contribution in [2.24, 2.45) is 0 Å². The van der Waals surface area contributed by atoms with Crippen LogP contribution in [-0.2, 0) is 0 Å². The van der Waals surface area contributed by atoms with Crippen molar-refractivity contribution in [3.8, 4) is 29.0 Å². The van der Waals surface area contributed by atoms with Gasteiger partial charge in [0.15, 0.2) is 11.7 Å². The van der Waals surface area contributed by atoms with Gasteiger partial charge in [0.05, 0.1) is 11.2 Å². The first kappa shape index (κ1) is 16.0. The molecule has 7 heteroatoms. The minimum Gasteiger partial charge on any atom is -0.507 e. The summed E-state index contributed by atoms with van der Waals surface area (Å²) >= 11 is 1.49. The summed E-state index contributed by atoms with van der Waals surface area (Å²) in [7, 11) is 0. The first-order chi connectivity index (χ1) is 11.6. The van der Waals surface area contributed by atoms with E-state index < -0.39 is 0 Å². The van der Waals surface area contributed by atoms with Crippen molar-refractivity contribution in [1.82, 2.24) is 9.97 Å². The third-order valence-electron chi connectivity index (χ3n) is 3.24. The Morgan fingerprint density at radius 2 is 2.12 bits per heavy atom. The minimum atomic E-state index is -0.0342. The molecule has 0 aliphatic carbocycles. The average molecular weight is 340 g/mol. The van der Waals surface area contributed by atoms with E-state index in [9.17, 15) is 5.11 Å². The summed E-state index contributed by atoms with van der Waals surface area (Å²) in [5.41, 5.74) is 1.88. The van der Waals surface area contributed by atoms with E-state index in [1.807, 2.05) is 25.3 Å². The number of pyridine rings is 1. The Kier molecular flexibility index (Phi) is 4.49. The normalized spacial score (nSPS) is 10.8. The van der Waals surface area contributed by atoms with E-state index in [0.717, 1.165) is 5.13 Å². The Bertz CT molecular complexity index is 915. The number of nitrogens with zero attached hydrogens (tertiary/aromatic N) is 3. The maximum absolute atomic E-state index is 10.3. The Balaban J connectivity index is 1.99. The summed E-state index contributed by atoms with van der Waals surface area (Å²) in [4.78, 5) is 9.06. The zero-order chi connectivity index (χ0) is 17.1. The molecule has 0 saturated heterocycles. The minimum absolute atomic E-state index is 0.0342. The SMILES string of the molecule is CC(C)Nc1nc(-c2cc(O)c3ccc(OCC#N)cc3n2)cs1. The third kappa shape index (κ3) is 3.39. The molecule has 0 fully saturated rings. The molecule has 0 bridgehead atoms. The second kappa shape index (κ2) is 6.72. The highest BCUT2D eigenvalue weighted by Crippen LogP contribution is 2.32. The maximum Gasteiger partial charge on any atom is 0.183 e. The van der Waals surface area contributed by atoms with Crippen LogP contribution in [-0.4, -0.2) is 27.7 Å². The molecule has 6 nitrogen and oxygen atoms in total. The van der Waals surface area contributed by atoms with Gasteiger partial charge < -0.3 is 15.2 Å². The van der Waals surface area contributed by atoms with Crippen LogP contribution in [0, 0.1) is 11.3 Å². The van der Waals surface area contributed by atoms with Crippen molar-refractivity contribution in [2.45, 2.75) is 19.9 Å². The third-order valence-corrected chi connectivity index (χ3v) is 4.02. The molecule has 0 amide bonds. The number of aromatic hydroxyl groups is 1. The predicted molar refractivity (Wildman–Crippen MR) is 94.4 cm³/mol. The van der Waals surface area contributed by atoms with Crippen molar-refractivity contribution >= 4 is 27.4 Å². The molecule has 0 aliphatic rings. The van der Waals surface area contributed by atoms with Crippen molar-refractivity contribution in [2.75, 3.05) is 11.9 Å². The largest absolute Gasteiger partial charge is 0.507 e. The fourth-order valence-electron chi connectivity index (χ4n) is 2.23. The van der Waals surface area contributed by atoms with E-state index in [-0.39, 0.29) is 12.4 Å². The Labute approximate surface area is 143 Å². The Hall–Kier alpha value is -2.85. The van der Waals surface area contributed by atoms with E-state index >= 15 is 0 Å². The van der Waals surface area contributed by atoms with Gasteiger partial charge in [0.1, 0.15) is 23.3 Å². The first-order valence-corrected chi connectivity index (χ1v) is 8.30. The smallest absolute Gasteiger partial charge is 0.183 e. The molecule has 3 aromatic rings. The first-order valence-electron chi connectivity index (χ1n) is 7.43. The van der Waals surface area contributed by atoms with Crippen LogP contribution in [0.5, 0.6) is 11.5 Å². The number of hydrogen-bond acceptors (Lipinski definition) is 7. The van der Waals surface area contributed by atoms with Gasteiger partial charge in [0, 0.05) is 28.9 Å². The van der Waals surface area contributed by atoms with Gasteiger partial charge in [-0.15, -0.1) is 11.3 Å². The zero-order valence-corrected chi connectivity index (χ0v) is 14.1. The highest BCUT2D eigenvalue weighted by molar-refractivity contribution is 7.14.